The molecule has 0 aromatic carbocycles. The molecule has 348 valence electrons. The Kier molecular flexibility index (Phi) is 43.3. The van der Waals surface area contributed by atoms with Crippen molar-refractivity contribution in [1.82, 2.24) is 0 Å². The van der Waals surface area contributed by atoms with Crippen LogP contribution in [-0.2, 0) is 32.7 Å². The number of phosphoric acid groups is 1. The quantitative estimate of drug-likeness (QED) is 0.0234. The standard InChI is InChI=1S/C48H91O10P/c1-3-5-7-9-11-13-15-17-18-19-20-21-22-23-24-25-26-28-29-31-33-35-37-39-47(51)55-43-46(44-57-59(53,54)56-42-45(50)41-49)58-48(52)40-38-36-34-32-30-27-16-14-12-10-8-6-4-2/h25-26,31,33,45-46,49-50H,3-24,27-30,32,34-44H2,1-2H3,(H,53,54)/b26-25+,33-31+/t45-,46+/m1/s1. The Morgan fingerprint density at radius 1 is 0.492 bits per heavy atom. The number of aliphatic hydroxyl groups is 2. The monoisotopic (exact) mass is 859 g/mol. The van der Waals surface area contributed by atoms with Gasteiger partial charge in [0.2, 0.25) is 0 Å². The molecule has 11 heteroatoms. The number of unbranched alkanes of at least 4 members (excludes halogenated alkanes) is 28. The smallest absolute Gasteiger partial charge is 0.462 e. The van der Waals surface area contributed by atoms with Crippen LogP contribution in [0.5, 0.6) is 0 Å². The molecule has 10 nitrogen and oxygen atoms in total. The minimum Gasteiger partial charge on any atom is -0.462 e. The van der Waals surface area contributed by atoms with Gasteiger partial charge >= 0.3 is 19.8 Å². The lowest BCUT2D eigenvalue weighted by atomic mass is 10.0. The molecule has 0 rings (SSSR count). The topological polar surface area (TPSA) is 149 Å². The van der Waals surface area contributed by atoms with E-state index < -0.39 is 51.8 Å². The van der Waals surface area contributed by atoms with Crippen molar-refractivity contribution in [3.05, 3.63) is 24.3 Å². The molecule has 0 radical (unpaired) electrons. The van der Waals surface area contributed by atoms with Gasteiger partial charge in [-0.2, -0.15) is 0 Å². The largest absolute Gasteiger partial charge is 0.472 e. The van der Waals surface area contributed by atoms with Crippen LogP contribution in [0.2, 0.25) is 0 Å². The zero-order valence-electron chi connectivity index (χ0n) is 38.0. The van der Waals surface area contributed by atoms with Gasteiger partial charge in [0.25, 0.3) is 0 Å². The van der Waals surface area contributed by atoms with E-state index in [1.54, 1.807) is 0 Å². The van der Waals surface area contributed by atoms with Gasteiger partial charge in [-0.3, -0.25) is 18.6 Å². The zero-order chi connectivity index (χ0) is 43.3. The molecule has 1 unspecified atom stereocenters. The summed E-state index contributed by atoms with van der Waals surface area (Å²) < 4.78 is 32.7. The average molecular weight is 859 g/mol. The van der Waals surface area contributed by atoms with E-state index in [4.69, 9.17) is 23.6 Å². The molecule has 0 saturated heterocycles. The number of hydrogen-bond acceptors (Lipinski definition) is 9. The molecule has 3 atom stereocenters. The molecule has 0 heterocycles. The lowest BCUT2D eigenvalue weighted by Gasteiger charge is -2.20. The van der Waals surface area contributed by atoms with Crippen molar-refractivity contribution in [1.29, 1.82) is 0 Å². The van der Waals surface area contributed by atoms with Crippen molar-refractivity contribution >= 4 is 19.8 Å². The van der Waals surface area contributed by atoms with Gasteiger partial charge in [0, 0.05) is 12.8 Å². The fourth-order valence-corrected chi connectivity index (χ4v) is 7.63. The highest BCUT2D eigenvalue weighted by molar-refractivity contribution is 7.47. The zero-order valence-corrected chi connectivity index (χ0v) is 38.9. The van der Waals surface area contributed by atoms with Crippen LogP contribution in [0.4, 0.5) is 0 Å². The predicted octanol–water partition coefficient (Wildman–Crippen LogP) is 13.3. The third-order valence-corrected chi connectivity index (χ3v) is 11.5. The molecule has 0 aromatic heterocycles. The van der Waals surface area contributed by atoms with E-state index in [-0.39, 0.29) is 19.4 Å². The van der Waals surface area contributed by atoms with E-state index in [9.17, 15) is 24.2 Å². The molecule has 0 aliphatic carbocycles. The Bertz CT molecular complexity index is 1040. The summed E-state index contributed by atoms with van der Waals surface area (Å²) in [6.07, 6.45) is 45.9. The summed E-state index contributed by atoms with van der Waals surface area (Å²) in [6, 6.07) is 0. The number of aliphatic hydroxyl groups excluding tert-OH is 2. The van der Waals surface area contributed by atoms with Crippen LogP contribution in [-0.4, -0.2) is 65.7 Å². The molecule has 0 aromatic rings. The molecule has 0 fully saturated rings. The number of carbonyl (C=O) groups is 2. The minimum absolute atomic E-state index is 0.180. The van der Waals surface area contributed by atoms with Crippen LogP contribution in [0.1, 0.15) is 232 Å². The summed E-state index contributed by atoms with van der Waals surface area (Å²) in [5, 5.41) is 18.3. The molecule has 3 N–H and O–H groups in total. The maximum Gasteiger partial charge on any atom is 0.472 e. The number of phosphoric ester groups is 1. The Morgan fingerprint density at radius 2 is 0.864 bits per heavy atom. The second-order valence-corrected chi connectivity index (χ2v) is 17.9. The lowest BCUT2D eigenvalue weighted by Crippen LogP contribution is -2.29. The highest BCUT2D eigenvalue weighted by Gasteiger charge is 2.27. The fourth-order valence-electron chi connectivity index (χ4n) is 6.84. The summed E-state index contributed by atoms with van der Waals surface area (Å²) in [5.74, 6) is -0.964. The van der Waals surface area contributed by atoms with Crippen molar-refractivity contribution in [2.45, 2.75) is 244 Å². The first-order chi connectivity index (χ1) is 28.7. The Morgan fingerprint density at radius 3 is 1.32 bits per heavy atom. The molecule has 0 aliphatic rings. The molecule has 0 spiro atoms. The average Bonchev–Trinajstić information content (AvgIpc) is 3.22. The Balaban J connectivity index is 4.19. The van der Waals surface area contributed by atoms with Gasteiger partial charge in [0.1, 0.15) is 12.7 Å². The van der Waals surface area contributed by atoms with Crippen molar-refractivity contribution < 1.29 is 47.8 Å². The van der Waals surface area contributed by atoms with E-state index in [1.807, 2.05) is 0 Å². The van der Waals surface area contributed by atoms with Crippen molar-refractivity contribution in [2.24, 2.45) is 0 Å². The van der Waals surface area contributed by atoms with Gasteiger partial charge in [-0.15, -0.1) is 0 Å². The first-order valence-electron chi connectivity index (χ1n) is 24.3. The summed E-state index contributed by atoms with van der Waals surface area (Å²) in [7, 11) is -4.62. The van der Waals surface area contributed by atoms with E-state index in [1.165, 1.54) is 148 Å². The van der Waals surface area contributed by atoms with E-state index in [0.29, 0.717) is 12.8 Å². The fraction of sp³-hybridized carbons (Fsp3) is 0.875. The van der Waals surface area contributed by atoms with Gasteiger partial charge in [-0.1, -0.05) is 199 Å². The van der Waals surface area contributed by atoms with Gasteiger partial charge in [-0.05, 0) is 44.9 Å². The van der Waals surface area contributed by atoms with Gasteiger partial charge < -0.3 is 24.6 Å². The van der Waals surface area contributed by atoms with Crippen LogP contribution in [0.25, 0.3) is 0 Å². The van der Waals surface area contributed by atoms with E-state index in [2.05, 4.69) is 38.2 Å². The van der Waals surface area contributed by atoms with Crippen LogP contribution in [0.3, 0.4) is 0 Å². The number of ether oxygens (including phenoxy) is 2. The van der Waals surface area contributed by atoms with Crippen LogP contribution < -0.4 is 0 Å². The molecule has 0 aliphatic heterocycles. The second kappa shape index (κ2) is 44.5. The van der Waals surface area contributed by atoms with E-state index in [0.717, 1.165) is 44.9 Å². The minimum atomic E-state index is -4.62. The number of rotatable bonds is 46. The van der Waals surface area contributed by atoms with Crippen molar-refractivity contribution in [3.8, 4) is 0 Å². The van der Waals surface area contributed by atoms with E-state index >= 15 is 0 Å². The van der Waals surface area contributed by atoms with Gasteiger partial charge in [0.15, 0.2) is 6.10 Å². The Labute approximate surface area is 361 Å². The summed E-state index contributed by atoms with van der Waals surface area (Å²) in [6.45, 7) is 2.37. The summed E-state index contributed by atoms with van der Waals surface area (Å²) in [5.41, 5.74) is 0. The molecule has 59 heavy (non-hydrogen) atoms. The molecule has 0 amide bonds. The normalized spacial score (nSPS) is 13.9. The lowest BCUT2D eigenvalue weighted by molar-refractivity contribution is -0.161. The summed E-state index contributed by atoms with van der Waals surface area (Å²) in [4.78, 5) is 35.0. The van der Waals surface area contributed by atoms with Crippen LogP contribution in [0.15, 0.2) is 24.3 Å². The third kappa shape index (κ3) is 44.3. The van der Waals surface area contributed by atoms with Crippen LogP contribution in [0, 0.1) is 0 Å². The van der Waals surface area contributed by atoms with Crippen molar-refractivity contribution in [2.75, 3.05) is 26.4 Å². The van der Waals surface area contributed by atoms with Crippen LogP contribution >= 0.6 is 7.82 Å². The maximum atomic E-state index is 12.6. The predicted molar refractivity (Wildman–Crippen MR) is 242 cm³/mol. The third-order valence-electron chi connectivity index (χ3n) is 10.6. The molecular formula is C48H91O10P. The number of carbonyl (C=O) groups excluding carboxylic acids is 2. The highest BCUT2D eigenvalue weighted by atomic mass is 31.2. The first kappa shape index (κ1) is 57.4. The summed E-state index contributed by atoms with van der Waals surface area (Å²) >= 11 is 0. The Hall–Kier alpha value is -1.55. The molecule has 0 saturated carbocycles. The number of allylic oxidation sites excluding steroid dienone is 4. The SMILES string of the molecule is CCCCCCCCCCCCCCCC/C=C/CC/C=C/CCCC(=O)OC[C@@H](COP(=O)(O)OC[C@H](O)CO)OC(=O)CCCCCCCCCCCCCCC. The highest BCUT2D eigenvalue weighted by Crippen LogP contribution is 2.43. The second-order valence-electron chi connectivity index (χ2n) is 16.5. The number of hydrogen-bond donors (Lipinski definition) is 3. The van der Waals surface area contributed by atoms with Gasteiger partial charge in [0.05, 0.1) is 19.8 Å². The number of esters is 2. The maximum absolute atomic E-state index is 12.6. The first-order valence-corrected chi connectivity index (χ1v) is 25.8. The molecular weight excluding hydrogens is 767 g/mol. The van der Waals surface area contributed by atoms with Gasteiger partial charge in [-0.25, -0.2) is 4.57 Å². The molecule has 0 bridgehead atoms. The van der Waals surface area contributed by atoms with Crippen molar-refractivity contribution in [3.63, 3.8) is 0 Å².